The number of anilines is 2. The lowest BCUT2D eigenvalue weighted by Crippen LogP contribution is -2.24. The fraction of sp³-hybridized carbons (Fsp3) is 0.143. The number of rotatable bonds is 4. The van der Waals surface area contributed by atoms with Crippen LogP contribution < -0.4 is 22.8 Å². The molecule has 0 spiro atoms. The first-order chi connectivity index (χ1) is 15.7. The second-order valence-electron chi connectivity index (χ2n) is 7.04. The number of nitrogens with two attached hydrogens (primary N) is 2. The molecule has 0 fully saturated rings. The van der Waals surface area contributed by atoms with E-state index in [1.54, 1.807) is 50.4 Å². The summed E-state index contributed by atoms with van der Waals surface area (Å²) in [7, 11) is 0. The molecule has 1 aromatic carbocycles. The second kappa shape index (κ2) is 9.60. The monoisotopic (exact) mass is 451 g/mol. The third kappa shape index (κ3) is 5.50. The first kappa shape index (κ1) is 22.9. The van der Waals surface area contributed by atoms with Crippen molar-refractivity contribution < 1.29 is 9.34 Å². The van der Waals surface area contributed by atoms with Gasteiger partial charge in [-0.15, -0.1) is 0 Å². The highest BCUT2D eigenvalue weighted by Gasteiger charge is 2.17. The Balaban J connectivity index is 0.000000286. The maximum atomic E-state index is 11.9. The molecule has 33 heavy (non-hydrogen) atoms. The SMILES string of the molecule is Cc1cn(Cc2ccc(-c3ccccc3[N+](=O)[O-])o2)c(=O)nc1N.Cc1cnc(=O)[nH]c1N. The Hall–Kier alpha value is -4.74. The minimum atomic E-state index is -0.484. The second-order valence-corrected chi connectivity index (χ2v) is 7.04. The summed E-state index contributed by atoms with van der Waals surface area (Å²) >= 11 is 0. The zero-order chi connectivity index (χ0) is 24.1. The Morgan fingerprint density at radius 3 is 2.52 bits per heavy atom. The molecule has 5 N–H and O–H groups in total. The van der Waals surface area contributed by atoms with E-state index < -0.39 is 16.3 Å². The number of nitrogen functional groups attached to an aromatic ring is 2. The van der Waals surface area contributed by atoms with Crippen LogP contribution in [0.5, 0.6) is 0 Å². The van der Waals surface area contributed by atoms with Gasteiger partial charge in [0.05, 0.1) is 17.0 Å². The van der Waals surface area contributed by atoms with Crippen molar-refractivity contribution in [2.45, 2.75) is 20.4 Å². The van der Waals surface area contributed by atoms with Crippen molar-refractivity contribution >= 4 is 17.3 Å². The van der Waals surface area contributed by atoms with Crippen LogP contribution in [0.2, 0.25) is 0 Å². The molecule has 0 unspecified atom stereocenters. The highest BCUT2D eigenvalue weighted by Crippen LogP contribution is 2.30. The summed E-state index contributed by atoms with van der Waals surface area (Å²) < 4.78 is 7.04. The third-order valence-electron chi connectivity index (χ3n) is 4.61. The van der Waals surface area contributed by atoms with Crippen molar-refractivity contribution in [2.24, 2.45) is 0 Å². The molecule has 3 heterocycles. The van der Waals surface area contributed by atoms with Crippen LogP contribution in [0.1, 0.15) is 16.9 Å². The number of nitro benzene ring substituents is 1. The lowest BCUT2D eigenvalue weighted by atomic mass is 10.1. The molecule has 0 atom stereocenters. The molecule has 0 amide bonds. The van der Waals surface area contributed by atoms with Crippen molar-refractivity contribution in [3.63, 3.8) is 0 Å². The van der Waals surface area contributed by atoms with Gasteiger partial charge in [-0.1, -0.05) is 12.1 Å². The number of nitro groups is 1. The normalized spacial score (nSPS) is 10.4. The Morgan fingerprint density at radius 2 is 1.85 bits per heavy atom. The number of benzene rings is 1. The summed E-state index contributed by atoms with van der Waals surface area (Å²) in [5.41, 5.74) is 11.8. The van der Waals surface area contributed by atoms with Crippen molar-refractivity contribution in [2.75, 3.05) is 11.5 Å². The van der Waals surface area contributed by atoms with Crippen LogP contribution in [0, 0.1) is 24.0 Å². The van der Waals surface area contributed by atoms with Gasteiger partial charge < -0.3 is 15.9 Å². The minimum absolute atomic E-state index is 0.0411. The smallest absolute Gasteiger partial charge is 0.349 e. The molecule has 0 aliphatic heterocycles. The number of aryl methyl sites for hydroxylation is 2. The van der Waals surface area contributed by atoms with Gasteiger partial charge in [0.25, 0.3) is 5.69 Å². The maximum Gasteiger partial charge on any atom is 0.349 e. The summed E-state index contributed by atoms with van der Waals surface area (Å²) in [4.78, 5) is 42.4. The number of hydrogen-bond acceptors (Lipinski definition) is 9. The van der Waals surface area contributed by atoms with Crippen LogP contribution in [0.3, 0.4) is 0 Å². The van der Waals surface area contributed by atoms with Crippen LogP contribution >= 0.6 is 0 Å². The van der Waals surface area contributed by atoms with E-state index in [4.69, 9.17) is 15.9 Å². The summed E-state index contributed by atoms with van der Waals surface area (Å²) in [5.74, 6) is 1.42. The summed E-state index contributed by atoms with van der Waals surface area (Å²) in [5, 5.41) is 11.1. The van der Waals surface area contributed by atoms with Crippen LogP contribution in [0.4, 0.5) is 17.3 Å². The molecular weight excluding hydrogens is 430 g/mol. The molecule has 170 valence electrons. The van der Waals surface area contributed by atoms with Crippen LogP contribution in [0.25, 0.3) is 11.3 Å². The number of aromatic amines is 1. The van der Waals surface area contributed by atoms with E-state index in [9.17, 15) is 19.7 Å². The first-order valence-corrected chi connectivity index (χ1v) is 9.63. The summed E-state index contributed by atoms with van der Waals surface area (Å²) in [6, 6.07) is 9.62. The molecule has 0 aliphatic rings. The average Bonchev–Trinajstić information content (AvgIpc) is 3.24. The molecule has 3 aromatic heterocycles. The maximum absolute atomic E-state index is 11.9. The highest BCUT2D eigenvalue weighted by molar-refractivity contribution is 5.69. The van der Waals surface area contributed by atoms with Gasteiger partial charge in [0.15, 0.2) is 0 Å². The van der Waals surface area contributed by atoms with E-state index in [0.29, 0.717) is 28.5 Å². The zero-order valence-corrected chi connectivity index (χ0v) is 17.8. The number of furan rings is 1. The molecular formula is C21H21N7O5. The van der Waals surface area contributed by atoms with E-state index in [1.165, 1.54) is 16.8 Å². The van der Waals surface area contributed by atoms with Gasteiger partial charge in [-0.05, 0) is 32.0 Å². The van der Waals surface area contributed by atoms with E-state index >= 15 is 0 Å². The van der Waals surface area contributed by atoms with Gasteiger partial charge in [0, 0.05) is 29.6 Å². The first-order valence-electron chi connectivity index (χ1n) is 9.63. The molecule has 12 nitrogen and oxygen atoms in total. The van der Waals surface area contributed by atoms with Crippen molar-refractivity contribution in [1.82, 2.24) is 19.5 Å². The van der Waals surface area contributed by atoms with Gasteiger partial charge >= 0.3 is 11.4 Å². The number of aromatic nitrogens is 4. The molecule has 0 aliphatic carbocycles. The number of para-hydroxylation sites is 1. The van der Waals surface area contributed by atoms with Gasteiger partial charge in [0.1, 0.15) is 23.2 Å². The third-order valence-corrected chi connectivity index (χ3v) is 4.61. The number of hydrogen-bond donors (Lipinski definition) is 3. The van der Waals surface area contributed by atoms with Crippen LogP contribution in [-0.2, 0) is 6.54 Å². The topological polar surface area (TPSA) is 189 Å². The zero-order valence-electron chi connectivity index (χ0n) is 17.8. The molecule has 0 radical (unpaired) electrons. The van der Waals surface area contributed by atoms with Crippen molar-refractivity contribution in [3.05, 3.63) is 96.8 Å². The van der Waals surface area contributed by atoms with E-state index in [0.717, 1.165) is 5.56 Å². The number of nitrogens with one attached hydrogen (secondary N) is 1. The fourth-order valence-corrected chi connectivity index (χ4v) is 2.81. The Morgan fingerprint density at radius 1 is 1.12 bits per heavy atom. The molecule has 4 rings (SSSR count). The standard InChI is InChI=1S/C16H14N4O4.C5H7N3O/c1-10-8-19(16(21)18-15(10)17)9-11-6-7-14(24-11)12-4-2-3-5-13(12)20(22)23;1-3-2-7-5(9)8-4(3)6/h2-8H,9H2,1H3,(H2,17,18,21);2H,1H3,(H3,6,7,8,9). The Kier molecular flexibility index (Phi) is 6.67. The predicted molar refractivity (Wildman–Crippen MR) is 122 cm³/mol. The van der Waals surface area contributed by atoms with Gasteiger partial charge in [-0.3, -0.25) is 19.7 Å². The van der Waals surface area contributed by atoms with Crippen LogP contribution in [-0.4, -0.2) is 24.4 Å². The Bertz CT molecular complexity index is 1420. The predicted octanol–water partition coefficient (Wildman–Crippen LogP) is 2.01. The fourth-order valence-electron chi connectivity index (χ4n) is 2.81. The lowest BCUT2D eigenvalue weighted by molar-refractivity contribution is -0.384. The molecule has 0 saturated heterocycles. The van der Waals surface area contributed by atoms with Crippen molar-refractivity contribution in [3.8, 4) is 11.3 Å². The quantitative estimate of drug-likeness (QED) is 0.308. The van der Waals surface area contributed by atoms with E-state index in [-0.39, 0.29) is 18.1 Å². The average molecular weight is 451 g/mol. The summed E-state index contributed by atoms with van der Waals surface area (Å²) in [6.07, 6.45) is 3.03. The number of nitrogens with zero attached hydrogens (tertiary/aromatic N) is 4. The van der Waals surface area contributed by atoms with Gasteiger partial charge in [0.2, 0.25) is 0 Å². The molecule has 0 bridgehead atoms. The largest absolute Gasteiger partial charge is 0.459 e. The molecule has 0 saturated carbocycles. The van der Waals surface area contributed by atoms with E-state index in [2.05, 4.69) is 15.0 Å². The van der Waals surface area contributed by atoms with E-state index in [1.807, 2.05) is 0 Å². The van der Waals surface area contributed by atoms with Gasteiger partial charge in [-0.25, -0.2) is 14.6 Å². The molecule has 4 aromatic rings. The lowest BCUT2D eigenvalue weighted by Gasteiger charge is -2.05. The summed E-state index contributed by atoms with van der Waals surface area (Å²) in [6.45, 7) is 3.69. The Labute approximate surface area is 186 Å². The minimum Gasteiger partial charge on any atom is -0.459 e. The van der Waals surface area contributed by atoms with Crippen molar-refractivity contribution in [1.29, 1.82) is 0 Å². The highest BCUT2D eigenvalue weighted by atomic mass is 16.6. The van der Waals surface area contributed by atoms with Crippen LogP contribution in [0.15, 0.2) is 62.8 Å². The van der Waals surface area contributed by atoms with Gasteiger partial charge in [-0.2, -0.15) is 4.98 Å². The number of H-pyrrole nitrogens is 1. The molecule has 12 heteroatoms.